The third-order valence-corrected chi connectivity index (χ3v) is 5.48. The summed E-state index contributed by atoms with van der Waals surface area (Å²) in [6, 6.07) is 9.69. The molecule has 1 aromatic rings. The van der Waals surface area contributed by atoms with E-state index in [4.69, 9.17) is 5.41 Å². The van der Waals surface area contributed by atoms with Crippen LogP contribution in [0.2, 0.25) is 0 Å². The van der Waals surface area contributed by atoms with Gasteiger partial charge in [-0.15, -0.1) is 11.8 Å². The minimum absolute atomic E-state index is 0.157. The van der Waals surface area contributed by atoms with E-state index >= 15 is 0 Å². The molecule has 0 aliphatic heterocycles. The molecule has 0 aromatic heterocycles. The second kappa shape index (κ2) is 10.5. The predicted molar refractivity (Wildman–Crippen MR) is 107 cm³/mol. The molecule has 1 aliphatic rings. The molecule has 0 heterocycles. The van der Waals surface area contributed by atoms with Crippen LogP contribution in [0, 0.1) is 16.7 Å². The van der Waals surface area contributed by atoms with E-state index in [-0.39, 0.29) is 12.1 Å². The van der Waals surface area contributed by atoms with Crippen LogP contribution in [0.15, 0.2) is 53.5 Å². The van der Waals surface area contributed by atoms with Crippen molar-refractivity contribution in [2.75, 3.05) is 12.4 Å². The lowest BCUT2D eigenvalue weighted by molar-refractivity contribution is 0.240. The minimum atomic E-state index is -0.203. The monoisotopic (exact) mass is 347 g/mol. The average molecular weight is 348 g/mol. The topological polar surface area (TPSA) is 23.9 Å². The molecule has 1 N–H and O–H groups in total. The normalized spacial score (nSPS) is 20.6. The molecule has 1 nitrogen and oxygen atoms in total. The highest BCUT2D eigenvalue weighted by Crippen LogP contribution is 2.40. The van der Waals surface area contributed by atoms with Crippen LogP contribution in [0.25, 0.3) is 0 Å². The Morgan fingerprint density at radius 2 is 2.00 bits per heavy atom. The highest BCUT2D eigenvalue weighted by molar-refractivity contribution is 8.03. The van der Waals surface area contributed by atoms with Crippen molar-refractivity contribution >= 4 is 17.5 Å². The first kappa shape index (κ1) is 20.7. The van der Waals surface area contributed by atoms with Crippen LogP contribution in [-0.4, -0.2) is 18.1 Å². The molecule has 0 saturated heterocycles. The van der Waals surface area contributed by atoms with Crippen LogP contribution in [0.4, 0.5) is 4.39 Å². The van der Waals surface area contributed by atoms with Gasteiger partial charge in [-0.3, -0.25) is 4.39 Å². The summed E-state index contributed by atoms with van der Waals surface area (Å²) in [6.07, 6.45) is 8.48. The van der Waals surface area contributed by atoms with E-state index in [2.05, 4.69) is 39.0 Å². The van der Waals surface area contributed by atoms with Crippen molar-refractivity contribution in [1.29, 1.82) is 5.41 Å². The molecule has 0 saturated carbocycles. The zero-order chi connectivity index (χ0) is 18.0. The molecule has 2 rings (SSSR count). The Morgan fingerprint density at radius 1 is 1.33 bits per heavy atom. The number of benzene rings is 1. The van der Waals surface area contributed by atoms with E-state index in [0.717, 1.165) is 17.7 Å². The largest absolute Gasteiger partial charge is 0.305 e. The van der Waals surface area contributed by atoms with Crippen LogP contribution in [0.1, 0.15) is 46.1 Å². The molecule has 24 heavy (non-hydrogen) atoms. The lowest BCUT2D eigenvalue weighted by Gasteiger charge is -2.34. The Morgan fingerprint density at radius 3 is 2.42 bits per heavy atom. The first-order valence-electron chi connectivity index (χ1n) is 8.61. The van der Waals surface area contributed by atoms with Crippen LogP contribution in [-0.2, 0) is 0 Å². The van der Waals surface area contributed by atoms with Gasteiger partial charge < -0.3 is 5.41 Å². The Hall–Kier alpha value is -1.35. The summed E-state index contributed by atoms with van der Waals surface area (Å²) in [6.45, 7) is 8.13. The van der Waals surface area contributed by atoms with Crippen LogP contribution in [0.5, 0.6) is 0 Å². The van der Waals surface area contributed by atoms with Gasteiger partial charge in [-0.2, -0.15) is 0 Å². The highest BCUT2D eigenvalue weighted by Gasteiger charge is 2.28. The zero-order valence-electron chi connectivity index (χ0n) is 15.3. The fourth-order valence-corrected chi connectivity index (χ4v) is 3.25. The van der Waals surface area contributed by atoms with Gasteiger partial charge in [-0.05, 0) is 42.4 Å². The average Bonchev–Trinajstić information content (AvgIpc) is 2.59. The maximum absolute atomic E-state index is 12.3. The maximum Gasteiger partial charge on any atom is 0.0897 e. The number of halogens is 1. The summed E-state index contributed by atoms with van der Waals surface area (Å²) >= 11 is 1.88. The molecule has 2 unspecified atom stereocenters. The van der Waals surface area contributed by atoms with E-state index < -0.39 is 0 Å². The van der Waals surface area contributed by atoms with Gasteiger partial charge >= 0.3 is 0 Å². The number of hydrogen-bond acceptors (Lipinski definition) is 2. The van der Waals surface area contributed by atoms with Gasteiger partial charge in [-0.1, -0.05) is 69.3 Å². The number of alkyl halides is 1. The molecule has 0 fully saturated rings. The Balaban J connectivity index is 0.000000272. The van der Waals surface area contributed by atoms with Crippen molar-refractivity contribution in [3.05, 3.63) is 59.0 Å². The Kier molecular flexibility index (Phi) is 9.05. The van der Waals surface area contributed by atoms with Crippen LogP contribution in [0.3, 0.4) is 0 Å². The Bertz CT molecular complexity index is 564. The lowest BCUT2D eigenvalue weighted by atomic mass is 9.72. The van der Waals surface area contributed by atoms with Crippen LogP contribution < -0.4 is 0 Å². The van der Waals surface area contributed by atoms with Crippen LogP contribution >= 0.6 is 11.8 Å². The molecule has 0 spiro atoms. The quantitative estimate of drug-likeness (QED) is 0.571. The zero-order valence-corrected chi connectivity index (χ0v) is 16.1. The van der Waals surface area contributed by atoms with Gasteiger partial charge in [-0.25, -0.2) is 0 Å². The van der Waals surface area contributed by atoms with E-state index in [9.17, 15) is 4.39 Å². The highest BCUT2D eigenvalue weighted by atomic mass is 32.2. The second-order valence-corrected chi connectivity index (χ2v) is 7.79. The smallest absolute Gasteiger partial charge is 0.0897 e. The molecule has 132 valence electrons. The lowest BCUT2D eigenvalue weighted by Crippen LogP contribution is -2.24. The van der Waals surface area contributed by atoms with Crippen molar-refractivity contribution in [1.82, 2.24) is 0 Å². The molecular formula is C21H30FNS. The van der Waals surface area contributed by atoms with Gasteiger partial charge in [0.1, 0.15) is 0 Å². The molecule has 1 aliphatic carbocycles. The minimum Gasteiger partial charge on any atom is -0.305 e. The molecule has 0 amide bonds. The molecule has 0 radical (unpaired) electrons. The van der Waals surface area contributed by atoms with E-state index in [1.165, 1.54) is 4.91 Å². The van der Waals surface area contributed by atoms with Gasteiger partial charge in [0.05, 0.1) is 6.67 Å². The summed E-state index contributed by atoms with van der Waals surface area (Å²) in [5.41, 5.74) is 1.78. The SMILES string of the molecule is CC(=N)c1ccccc1.CCSC1=CCC(C)(C(C)CCF)C=C1. The van der Waals surface area contributed by atoms with E-state index in [0.29, 0.717) is 18.1 Å². The molecular weight excluding hydrogens is 317 g/mol. The van der Waals surface area contributed by atoms with Gasteiger partial charge in [0.15, 0.2) is 0 Å². The first-order chi connectivity index (χ1) is 11.4. The Labute approximate surface area is 151 Å². The van der Waals surface area contributed by atoms with Crippen molar-refractivity contribution < 1.29 is 4.39 Å². The number of hydrogen-bond donors (Lipinski definition) is 1. The molecule has 2 atom stereocenters. The molecule has 0 bridgehead atoms. The molecule has 1 aromatic carbocycles. The van der Waals surface area contributed by atoms with E-state index in [1.54, 1.807) is 6.92 Å². The fourth-order valence-electron chi connectivity index (χ4n) is 2.55. The first-order valence-corrected chi connectivity index (χ1v) is 9.60. The summed E-state index contributed by atoms with van der Waals surface area (Å²) in [5.74, 6) is 1.54. The van der Waals surface area contributed by atoms with Gasteiger partial charge in [0, 0.05) is 10.6 Å². The third kappa shape index (κ3) is 6.64. The fraction of sp³-hybridized carbons (Fsp3) is 0.476. The summed E-state index contributed by atoms with van der Waals surface area (Å²) in [7, 11) is 0. The standard InChI is InChI=1S/C13H21FS.C8H9N/c1-4-15-12-5-8-13(3,9-6-12)11(2)7-10-14;1-7(9)8-5-3-2-4-6-8/h5-6,8,11H,4,7,9-10H2,1-3H3;2-6,9H,1H3. The van der Waals surface area contributed by atoms with E-state index in [1.807, 2.05) is 42.1 Å². The summed E-state index contributed by atoms with van der Waals surface area (Å²) in [4.78, 5) is 1.36. The number of allylic oxidation sites excluding steroid dienone is 3. The predicted octanol–water partition coefficient (Wildman–Crippen LogP) is 6.66. The van der Waals surface area contributed by atoms with Crippen molar-refractivity contribution in [2.45, 2.75) is 40.5 Å². The van der Waals surface area contributed by atoms with Crippen molar-refractivity contribution in [3.8, 4) is 0 Å². The number of rotatable bonds is 6. The van der Waals surface area contributed by atoms with Crippen molar-refractivity contribution in [2.24, 2.45) is 11.3 Å². The van der Waals surface area contributed by atoms with Gasteiger partial charge in [0.25, 0.3) is 0 Å². The van der Waals surface area contributed by atoms with Gasteiger partial charge in [0.2, 0.25) is 0 Å². The maximum atomic E-state index is 12.3. The summed E-state index contributed by atoms with van der Waals surface area (Å²) in [5, 5.41) is 7.24. The number of thioether (sulfide) groups is 1. The molecule has 3 heteroatoms. The second-order valence-electron chi connectivity index (χ2n) is 6.45. The third-order valence-electron chi connectivity index (χ3n) is 4.56. The number of nitrogens with one attached hydrogen (secondary N) is 1. The summed E-state index contributed by atoms with van der Waals surface area (Å²) < 4.78 is 12.3. The van der Waals surface area contributed by atoms with Crippen molar-refractivity contribution in [3.63, 3.8) is 0 Å².